The van der Waals surface area contributed by atoms with E-state index < -0.39 is 0 Å². The van der Waals surface area contributed by atoms with Gasteiger partial charge in [-0.05, 0) is 21.9 Å². The van der Waals surface area contributed by atoms with Crippen molar-refractivity contribution in [1.29, 1.82) is 0 Å². The van der Waals surface area contributed by atoms with Crippen molar-refractivity contribution in [1.82, 2.24) is 9.97 Å². The molecule has 56 valence electrons. The van der Waals surface area contributed by atoms with E-state index in [2.05, 4.69) is 50.4 Å². The van der Waals surface area contributed by atoms with E-state index in [4.69, 9.17) is 0 Å². The van der Waals surface area contributed by atoms with Gasteiger partial charge in [0.05, 0.1) is 10.2 Å². The molecular weight excluding hydrogens is 224 g/mol. The van der Waals surface area contributed by atoms with Crippen LogP contribution in [-0.4, -0.2) is 15.7 Å². The molecule has 1 aromatic rings. The van der Waals surface area contributed by atoms with Gasteiger partial charge in [0, 0.05) is 12.4 Å². The summed E-state index contributed by atoms with van der Waals surface area (Å²) < 4.78 is 0.855. The Kier molecular flexibility index (Phi) is 3.40. The Hall–Kier alpha value is -0.530. The van der Waals surface area contributed by atoms with E-state index in [1.807, 2.05) is 0 Å². The van der Waals surface area contributed by atoms with E-state index >= 15 is 0 Å². The topological polar surface area (TPSA) is 25.8 Å². The second-order valence-corrected chi connectivity index (χ2v) is 2.92. The summed E-state index contributed by atoms with van der Waals surface area (Å²) in [7, 11) is 0. The molecule has 0 bridgehead atoms. The third-order valence-corrected chi connectivity index (χ3v) is 1.47. The second kappa shape index (κ2) is 4.37. The van der Waals surface area contributed by atoms with Crippen LogP contribution < -0.4 is 0 Å². The fourth-order valence-corrected chi connectivity index (χ4v) is 0.779. The molecule has 0 amide bonds. The minimum Gasteiger partial charge on any atom is -0.228 e. The molecule has 0 atom stereocenters. The van der Waals surface area contributed by atoms with Crippen molar-refractivity contribution in [3.05, 3.63) is 22.7 Å². The first-order chi connectivity index (χ1) is 5.33. The van der Waals surface area contributed by atoms with Crippen LogP contribution in [0.5, 0.6) is 0 Å². The summed E-state index contributed by atoms with van der Waals surface area (Å²) in [5.74, 6) is 6.57. The summed E-state index contributed by atoms with van der Waals surface area (Å²) in [6.07, 6.45) is 3.32. The van der Waals surface area contributed by atoms with E-state index in [1.165, 1.54) is 0 Å². The van der Waals surface area contributed by atoms with Crippen LogP contribution in [0.2, 0.25) is 0 Å². The zero-order valence-corrected chi connectivity index (χ0v) is 8.06. The third kappa shape index (κ3) is 2.91. The summed E-state index contributed by atoms with van der Waals surface area (Å²) in [5.41, 5.74) is 0. The van der Waals surface area contributed by atoms with Crippen LogP contribution in [0.1, 0.15) is 5.82 Å². The Bertz CT molecular complexity index is 286. The Morgan fingerprint density at radius 1 is 1.45 bits per heavy atom. The Morgan fingerprint density at radius 2 is 2.09 bits per heavy atom. The second-order valence-electron chi connectivity index (χ2n) is 1.68. The third-order valence-electron chi connectivity index (χ3n) is 0.900. The molecular formula is C7H5BrN2S. The van der Waals surface area contributed by atoms with Crippen molar-refractivity contribution in [2.24, 2.45) is 0 Å². The van der Waals surface area contributed by atoms with E-state index in [-0.39, 0.29) is 0 Å². The molecule has 0 saturated heterocycles. The predicted molar refractivity (Wildman–Crippen MR) is 50.5 cm³/mol. The predicted octanol–water partition coefficient (Wildman–Crippen LogP) is 1.52. The Balaban J connectivity index is 2.82. The lowest BCUT2D eigenvalue weighted by molar-refractivity contribution is 1.11. The lowest BCUT2D eigenvalue weighted by Gasteiger charge is -1.87. The highest BCUT2D eigenvalue weighted by Crippen LogP contribution is 2.03. The monoisotopic (exact) mass is 228 g/mol. The van der Waals surface area contributed by atoms with Gasteiger partial charge in [-0.15, -0.1) is 0 Å². The van der Waals surface area contributed by atoms with Crippen molar-refractivity contribution >= 4 is 28.6 Å². The molecule has 1 rings (SSSR count). The van der Waals surface area contributed by atoms with E-state index in [9.17, 15) is 0 Å². The molecule has 2 nitrogen and oxygen atoms in total. The van der Waals surface area contributed by atoms with Gasteiger partial charge in [0.15, 0.2) is 0 Å². The minimum absolute atomic E-state index is 0.527. The van der Waals surface area contributed by atoms with E-state index in [0.29, 0.717) is 11.6 Å². The average Bonchev–Trinajstić information content (AvgIpc) is 2.04. The van der Waals surface area contributed by atoms with Crippen molar-refractivity contribution in [2.75, 3.05) is 5.75 Å². The molecule has 0 saturated carbocycles. The summed E-state index contributed by atoms with van der Waals surface area (Å²) in [6, 6.07) is 0. The molecule has 0 aliphatic heterocycles. The van der Waals surface area contributed by atoms with Gasteiger partial charge in [-0.1, -0.05) is 5.92 Å². The number of thiol groups is 1. The van der Waals surface area contributed by atoms with Gasteiger partial charge < -0.3 is 0 Å². The number of hydrogen-bond donors (Lipinski definition) is 1. The maximum Gasteiger partial charge on any atom is 0.204 e. The Morgan fingerprint density at radius 3 is 2.64 bits per heavy atom. The van der Waals surface area contributed by atoms with Crippen molar-refractivity contribution < 1.29 is 0 Å². The van der Waals surface area contributed by atoms with Crippen LogP contribution in [-0.2, 0) is 0 Å². The van der Waals surface area contributed by atoms with Crippen molar-refractivity contribution in [2.45, 2.75) is 0 Å². The number of aromatic nitrogens is 2. The van der Waals surface area contributed by atoms with E-state index in [0.717, 1.165) is 4.47 Å². The fourth-order valence-electron chi connectivity index (χ4n) is 0.495. The lowest BCUT2D eigenvalue weighted by atomic mass is 10.5. The smallest absolute Gasteiger partial charge is 0.204 e. The van der Waals surface area contributed by atoms with Gasteiger partial charge >= 0.3 is 0 Å². The average molecular weight is 229 g/mol. The number of halogens is 1. The van der Waals surface area contributed by atoms with Gasteiger partial charge in [-0.2, -0.15) is 12.6 Å². The molecule has 0 radical (unpaired) electrons. The summed E-state index contributed by atoms with van der Waals surface area (Å²) >= 11 is 7.16. The standard InChI is InChI=1S/C7H5BrN2S/c8-6-4-9-7(10-5-6)2-1-3-11/h4-5,11H,3H2. The van der Waals surface area contributed by atoms with Gasteiger partial charge in [0.25, 0.3) is 0 Å². The SMILES string of the molecule is SCC#Cc1ncc(Br)cn1. The summed E-state index contributed by atoms with van der Waals surface area (Å²) in [6.45, 7) is 0. The number of nitrogens with zero attached hydrogens (tertiary/aromatic N) is 2. The molecule has 0 N–H and O–H groups in total. The first-order valence-electron chi connectivity index (χ1n) is 2.90. The minimum atomic E-state index is 0.527. The molecule has 0 aromatic carbocycles. The van der Waals surface area contributed by atoms with Gasteiger partial charge in [-0.25, -0.2) is 9.97 Å². The fraction of sp³-hybridized carbons (Fsp3) is 0.143. The molecule has 1 aromatic heterocycles. The first-order valence-corrected chi connectivity index (χ1v) is 4.33. The van der Waals surface area contributed by atoms with Gasteiger partial charge in [0.2, 0.25) is 5.82 Å². The lowest BCUT2D eigenvalue weighted by Crippen LogP contribution is -1.86. The van der Waals surface area contributed by atoms with Crippen LogP contribution >= 0.6 is 28.6 Å². The molecule has 0 aliphatic carbocycles. The van der Waals surface area contributed by atoms with Crippen molar-refractivity contribution in [3.8, 4) is 11.8 Å². The zero-order valence-electron chi connectivity index (χ0n) is 5.58. The highest BCUT2D eigenvalue weighted by Gasteiger charge is 1.88. The molecule has 0 unspecified atom stereocenters. The summed E-state index contributed by atoms with van der Waals surface area (Å²) in [5, 5.41) is 0. The maximum absolute atomic E-state index is 3.95. The maximum atomic E-state index is 3.95. The molecule has 0 fully saturated rings. The molecule has 11 heavy (non-hydrogen) atoms. The van der Waals surface area contributed by atoms with Crippen LogP contribution in [0.4, 0.5) is 0 Å². The van der Waals surface area contributed by atoms with Gasteiger partial charge in [0.1, 0.15) is 0 Å². The molecule has 0 aliphatic rings. The largest absolute Gasteiger partial charge is 0.228 e. The van der Waals surface area contributed by atoms with Crippen LogP contribution in [0.15, 0.2) is 16.9 Å². The normalized spacial score (nSPS) is 8.55. The number of rotatable bonds is 0. The van der Waals surface area contributed by atoms with Gasteiger partial charge in [-0.3, -0.25) is 0 Å². The molecule has 0 spiro atoms. The first kappa shape index (κ1) is 8.57. The molecule has 1 heterocycles. The summed E-state index contributed by atoms with van der Waals surface area (Å²) in [4.78, 5) is 7.90. The van der Waals surface area contributed by atoms with Crippen LogP contribution in [0.25, 0.3) is 0 Å². The molecule has 4 heteroatoms. The van der Waals surface area contributed by atoms with Crippen LogP contribution in [0, 0.1) is 11.8 Å². The zero-order chi connectivity index (χ0) is 8.10. The van der Waals surface area contributed by atoms with Crippen molar-refractivity contribution in [3.63, 3.8) is 0 Å². The number of hydrogen-bond acceptors (Lipinski definition) is 3. The highest BCUT2D eigenvalue weighted by molar-refractivity contribution is 9.10. The highest BCUT2D eigenvalue weighted by atomic mass is 79.9. The van der Waals surface area contributed by atoms with Crippen LogP contribution in [0.3, 0.4) is 0 Å². The van der Waals surface area contributed by atoms with E-state index in [1.54, 1.807) is 12.4 Å². The Labute approximate surface area is 79.0 Å². The quantitative estimate of drug-likeness (QED) is 0.539.